The van der Waals surface area contributed by atoms with Gasteiger partial charge in [0.05, 0.1) is 24.8 Å². The molecule has 1 unspecified atom stereocenters. The molecule has 10 heteroatoms. The molecule has 0 spiro atoms. The van der Waals surface area contributed by atoms with Gasteiger partial charge in [0.15, 0.2) is 11.5 Å². The van der Waals surface area contributed by atoms with Gasteiger partial charge in [0.25, 0.3) is 10.0 Å². The SMILES string of the molecule is CCC(C(=O)NC(C)C)N(Cc1ccccc1C)C(=O)CN(c1ccc(C)cc1)S(=O)(=O)c1ccc(OC)c(OC)c1. The van der Waals surface area contributed by atoms with Gasteiger partial charge >= 0.3 is 0 Å². The Morgan fingerprint density at radius 3 is 2.12 bits per heavy atom. The third kappa shape index (κ3) is 7.61. The van der Waals surface area contributed by atoms with E-state index >= 15 is 0 Å². The largest absolute Gasteiger partial charge is 0.493 e. The maximum atomic E-state index is 14.2. The second kappa shape index (κ2) is 14.2. The average Bonchev–Trinajstić information content (AvgIpc) is 2.96. The van der Waals surface area contributed by atoms with E-state index in [9.17, 15) is 18.0 Å². The van der Waals surface area contributed by atoms with Crippen LogP contribution in [0.3, 0.4) is 0 Å². The molecule has 1 atom stereocenters. The number of nitrogens with zero attached hydrogens (tertiary/aromatic N) is 2. The van der Waals surface area contributed by atoms with Gasteiger partial charge < -0.3 is 19.7 Å². The van der Waals surface area contributed by atoms with Crippen molar-refractivity contribution < 1.29 is 27.5 Å². The first-order chi connectivity index (χ1) is 19.9. The monoisotopic (exact) mass is 595 g/mol. The molecular weight excluding hydrogens is 554 g/mol. The fourth-order valence-corrected chi connectivity index (χ4v) is 6.05. The molecule has 0 radical (unpaired) electrons. The number of ether oxygens (including phenoxy) is 2. The summed E-state index contributed by atoms with van der Waals surface area (Å²) in [6.07, 6.45) is 0.350. The highest BCUT2D eigenvalue weighted by Crippen LogP contribution is 2.32. The third-order valence-corrected chi connectivity index (χ3v) is 8.73. The number of carbonyl (C=O) groups excluding carboxylic acids is 2. The van der Waals surface area contributed by atoms with Crippen LogP contribution in [0, 0.1) is 13.8 Å². The van der Waals surface area contributed by atoms with E-state index in [0.29, 0.717) is 17.9 Å². The summed E-state index contributed by atoms with van der Waals surface area (Å²) >= 11 is 0. The van der Waals surface area contributed by atoms with E-state index in [1.807, 2.05) is 58.9 Å². The summed E-state index contributed by atoms with van der Waals surface area (Å²) in [4.78, 5) is 28.9. The lowest BCUT2D eigenvalue weighted by atomic mass is 10.1. The van der Waals surface area contributed by atoms with Crippen molar-refractivity contribution in [2.24, 2.45) is 0 Å². The summed E-state index contributed by atoms with van der Waals surface area (Å²) in [7, 11) is -1.37. The Bertz CT molecular complexity index is 1490. The Labute approximate surface area is 249 Å². The average molecular weight is 596 g/mol. The van der Waals surface area contributed by atoms with Gasteiger partial charge in [0, 0.05) is 18.7 Å². The first-order valence-corrected chi connectivity index (χ1v) is 15.3. The van der Waals surface area contributed by atoms with Crippen LogP contribution in [0.25, 0.3) is 0 Å². The second-order valence-corrected chi connectivity index (χ2v) is 12.3. The lowest BCUT2D eigenvalue weighted by Crippen LogP contribution is -2.53. The lowest BCUT2D eigenvalue weighted by Gasteiger charge is -2.34. The summed E-state index contributed by atoms with van der Waals surface area (Å²) in [6.45, 7) is 9.00. The minimum Gasteiger partial charge on any atom is -0.493 e. The van der Waals surface area contributed by atoms with E-state index in [-0.39, 0.29) is 29.1 Å². The Hall–Kier alpha value is -4.05. The van der Waals surface area contributed by atoms with Crippen molar-refractivity contribution in [3.05, 3.63) is 83.4 Å². The molecule has 42 heavy (non-hydrogen) atoms. The number of hydrogen-bond donors (Lipinski definition) is 1. The summed E-state index contributed by atoms with van der Waals surface area (Å²) in [5.41, 5.74) is 3.08. The topological polar surface area (TPSA) is 105 Å². The zero-order valence-corrected chi connectivity index (χ0v) is 26.2. The number of rotatable bonds is 13. The van der Waals surface area contributed by atoms with Crippen molar-refractivity contribution in [2.45, 2.75) is 64.6 Å². The first kappa shape index (κ1) is 32.5. The molecule has 9 nitrogen and oxygen atoms in total. The van der Waals surface area contributed by atoms with Gasteiger partial charge in [-0.2, -0.15) is 0 Å². The highest BCUT2D eigenvalue weighted by atomic mass is 32.2. The van der Waals surface area contributed by atoms with Crippen LogP contribution < -0.4 is 19.1 Å². The zero-order valence-electron chi connectivity index (χ0n) is 25.4. The van der Waals surface area contributed by atoms with E-state index in [4.69, 9.17) is 9.47 Å². The van der Waals surface area contributed by atoms with Crippen molar-refractivity contribution in [3.63, 3.8) is 0 Å². The van der Waals surface area contributed by atoms with E-state index in [1.165, 1.54) is 37.3 Å². The number of methoxy groups -OCH3 is 2. The molecule has 0 saturated carbocycles. The summed E-state index contributed by atoms with van der Waals surface area (Å²) in [5.74, 6) is -0.181. The highest BCUT2D eigenvalue weighted by molar-refractivity contribution is 7.92. The molecule has 0 bridgehead atoms. The van der Waals surface area contributed by atoms with Crippen molar-refractivity contribution in [3.8, 4) is 11.5 Å². The van der Waals surface area contributed by atoms with Gasteiger partial charge in [-0.1, -0.05) is 48.9 Å². The minimum absolute atomic E-state index is 0.0661. The molecule has 0 saturated heterocycles. The van der Waals surface area contributed by atoms with Crippen LogP contribution in [0.1, 0.15) is 43.9 Å². The second-order valence-electron chi connectivity index (χ2n) is 10.4. The Balaban J connectivity index is 2.11. The molecule has 0 aliphatic rings. The van der Waals surface area contributed by atoms with Crippen molar-refractivity contribution >= 4 is 27.5 Å². The summed E-state index contributed by atoms with van der Waals surface area (Å²) < 4.78 is 40.0. The summed E-state index contributed by atoms with van der Waals surface area (Å²) in [5, 5.41) is 2.91. The number of benzene rings is 3. The maximum Gasteiger partial charge on any atom is 0.264 e. The quantitative estimate of drug-likeness (QED) is 0.303. The van der Waals surface area contributed by atoms with Crippen LogP contribution in [0.5, 0.6) is 11.5 Å². The highest BCUT2D eigenvalue weighted by Gasteiger charge is 2.34. The molecule has 0 aliphatic carbocycles. The standard InChI is InChI=1S/C32H41N3O6S/c1-8-28(32(37)33-22(2)3)34(20-25-12-10-9-11-24(25)5)31(36)21-35(26-15-13-23(4)14-16-26)42(38,39)27-17-18-29(40-6)30(19-27)41-7/h9-19,22,28H,8,20-21H2,1-7H3,(H,33,37). The van der Waals surface area contributed by atoms with Crippen LogP contribution in [-0.4, -0.2) is 58.0 Å². The van der Waals surface area contributed by atoms with Crippen molar-refractivity contribution in [2.75, 3.05) is 25.1 Å². The number of amides is 2. The number of carbonyl (C=O) groups is 2. The molecule has 3 aromatic rings. The fourth-order valence-electron chi connectivity index (χ4n) is 4.62. The van der Waals surface area contributed by atoms with Crippen LogP contribution in [0.4, 0.5) is 5.69 Å². The molecule has 0 aromatic heterocycles. The molecule has 0 fully saturated rings. The first-order valence-electron chi connectivity index (χ1n) is 13.9. The maximum absolute atomic E-state index is 14.2. The van der Waals surface area contributed by atoms with Gasteiger partial charge in [0.2, 0.25) is 11.8 Å². The number of anilines is 1. The molecule has 0 aliphatic heterocycles. The number of aryl methyl sites for hydroxylation is 2. The predicted octanol–water partition coefficient (Wildman–Crippen LogP) is 4.85. The van der Waals surface area contributed by atoms with Gasteiger partial charge in [-0.25, -0.2) is 8.42 Å². The van der Waals surface area contributed by atoms with E-state index in [2.05, 4.69) is 5.32 Å². The molecule has 0 heterocycles. The van der Waals surface area contributed by atoms with E-state index < -0.39 is 28.5 Å². The van der Waals surface area contributed by atoms with Crippen LogP contribution >= 0.6 is 0 Å². The Kier molecular flexibility index (Phi) is 11.0. The fraction of sp³-hybridized carbons (Fsp3) is 0.375. The molecule has 2 amide bonds. The number of nitrogens with one attached hydrogen (secondary N) is 1. The van der Waals surface area contributed by atoms with E-state index in [0.717, 1.165) is 21.0 Å². The molecule has 1 N–H and O–H groups in total. The van der Waals surface area contributed by atoms with Crippen LogP contribution in [-0.2, 0) is 26.2 Å². The van der Waals surface area contributed by atoms with Gasteiger partial charge in [-0.05, 0) is 69.5 Å². The molecule has 226 valence electrons. The van der Waals surface area contributed by atoms with Crippen molar-refractivity contribution in [1.29, 1.82) is 0 Å². The smallest absolute Gasteiger partial charge is 0.264 e. The van der Waals surface area contributed by atoms with Gasteiger partial charge in [-0.3, -0.25) is 13.9 Å². The number of hydrogen-bond acceptors (Lipinski definition) is 6. The normalized spacial score (nSPS) is 12.0. The molecule has 3 aromatic carbocycles. The van der Waals surface area contributed by atoms with Gasteiger partial charge in [-0.15, -0.1) is 0 Å². The lowest BCUT2D eigenvalue weighted by molar-refractivity contribution is -0.140. The van der Waals surface area contributed by atoms with Gasteiger partial charge in [0.1, 0.15) is 12.6 Å². The molecule has 3 rings (SSSR count). The Morgan fingerprint density at radius 2 is 1.55 bits per heavy atom. The Morgan fingerprint density at radius 1 is 0.905 bits per heavy atom. The van der Waals surface area contributed by atoms with E-state index in [1.54, 1.807) is 24.3 Å². The summed E-state index contributed by atoms with van der Waals surface area (Å²) in [6, 6.07) is 17.9. The predicted molar refractivity (Wildman–Crippen MR) is 164 cm³/mol. The zero-order chi connectivity index (χ0) is 31.0. The van der Waals surface area contributed by atoms with Crippen LogP contribution in [0.15, 0.2) is 71.6 Å². The van der Waals surface area contributed by atoms with Crippen molar-refractivity contribution in [1.82, 2.24) is 10.2 Å². The number of sulfonamides is 1. The van der Waals surface area contributed by atoms with Crippen LogP contribution in [0.2, 0.25) is 0 Å². The third-order valence-electron chi connectivity index (χ3n) is 6.96. The molecular formula is C32H41N3O6S. The minimum atomic E-state index is -4.26.